The normalized spacial score (nSPS) is 12.3. The maximum absolute atomic E-state index is 8.44. The second-order valence-electron chi connectivity index (χ2n) is 20.8. The topological polar surface area (TPSA) is 43.9 Å². The minimum absolute atomic E-state index is 0. The van der Waals surface area contributed by atoms with Gasteiger partial charge in [0.1, 0.15) is 5.58 Å². The number of rotatable bonds is 8. The van der Waals surface area contributed by atoms with Crippen molar-refractivity contribution in [2.24, 2.45) is 0 Å². The first kappa shape index (κ1) is 47.4. The van der Waals surface area contributed by atoms with Crippen molar-refractivity contribution < 1.29 is 25.9 Å². The summed E-state index contributed by atoms with van der Waals surface area (Å²) in [5.41, 5.74) is 13.8. The standard InChI is InChI=1S/C49H37N2O.C17H22NSi.Ir/c1-29(2)40-26-35(31-13-6-5-7-14-31)27-41(30(3)4)46(40)51-47-37-18-11-9-16-33(37)23-24-44(47)50-49(51)39-20-12-19-38-43-25-34-22-21-32-15-8-10-17-36(32)42(34)28-45(43)52-48(38)39;1-13(2)15-11-16(14-9-7-6-8-10-14)18-12-17(15)19(3,4)5;/h5-19,21-30H,1-4H3;6-9,11-13H,1-5H3;/q2*-1;/i;13D;. The molecule has 0 saturated carbocycles. The van der Waals surface area contributed by atoms with Crippen molar-refractivity contribution in [2.45, 2.75) is 78.9 Å². The molecule has 1 radical (unpaired) electrons. The minimum atomic E-state index is -1.50. The summed E-state index contributed by atoms with van der Waals surface area (Å²) in [5.74, 6) is 0.735. The van der Waals surface area contributed by atoms with E-state index in [1.54, 1.807) is 0 Å². The fraction of sp³-hybridized carbons (Fsp3) is 0.182. The zero-order valence-electron chi connectivity index (χ0n) is 43.5. The Labute approximate surface area is 439 Å². The van der Waals surface area contributed by atoms with Crippen LogP contribution in [-0.4, -0.2) is 22.6 Å². The maximum atomic E-state index is 8.44. The van der Waals surface area contributed by atoms with Gasteiger partial charge in [-0.05, 0) is 108 Å². The van der Waals surface area contributed by atoms with Gasteiger partial charge in [0.2, 0.25) is 0 Å². The Hall–Kier alpha value is -6.95. The van der Waals surface area contributed by atoms with Gasteiger partial charge in [-0.2, -0.15) is 0 Å². The first-order chi connectivity index (χ1) is 34.6. The van der Waals surface area contributed by atoms with E-state index in [1.807, 2.05) is 50.4 Å². The molecule has 3 aromatic heterocycles. The van der Waals surface area contributed by atoms with E-state index >= 15 is 0 Å². The summed E-state index contributed by atoms with van der Waals surface area (Å²) >= 11 is 0. The average Bonchev–Trinajstić information content (AvgIpc) is 3.96. The van der Waals surface area contributed by atoms with Gasteiger partial charge in [0.15, 0.2) is 0 Å². The number of furan rings is 1. The molecule has 0 aliphatic heterocycles. The van der Waals surface area contributed by atoms with Crippen molar-refractivity contribution >= 4 is 78.5 Å². The van der Waals surface area contributed by atoms with E-state index in [1.165, 1.54) is 65.4 Å². The average molecular weight is 1130 g/mol. The van der Waals surface area contributed by atoms with E-state index in [-0.39, 0.29) is 31.9 Å². The summed E-state index contributed by atoms with van der Waals surface area (Å²) < 4.78 is 17.8. The van der Waals surface area contributed by atoms with Crippen molar-refractivity contribution in [3.63, 3.8) is 0 Å². The third-order valence-corrected chi connectivity index (χ3v) is 16.1. The molecule has 0 amide bonds. The second kappa shape index (κ2) is 19.6. The molecule has 0 saturated heterocycles. The number of aromatic nitrogens is 3. The van der Waals surface area contributed by atoms with Crippen LogP contribution < -0.4 is 5.19 Å². The smallest absolute Gasteiger partial charge is 0.121 e. The molecular formula is C66H59IrN3OSi-2. The van der Waals surface area contributed by atoms with Crippen molar-refractivity contribution in [2.75, 3.05) is 0 Å². The van der Waals surface area contributed by atoms with Gasteiger partial charge in [0.25, 0.3) is 0 Å². The molecule has 0 spiro atoms. The zero-order valence-corrected chi connectivity index (χ0v) is 45.9. The maximum Gasteiger partial charge on any atom is 0.121 e. The van der Waals surface area contributed by atoms with Crippen LogP contribution in [0.25, 0.3) is 105 Å². The van der Waals surface area contributed by atoms with E-state index in [9.17, 15) is 0 Å². The van der Waals surface area contributed by atoms with Crippen molar-refractivity contribution in [1.29, 1.82) is 0 Å². The molecular weight excluding hydrogens is 1070 g/mol. The molecule has 6 heteroatoms. The molecule has 0 N–H and O–H groups in total. The fourth-order valence-electron chi connectivity index (χ4n) is 10.4. The minimum Gasteiger partial charge on any atom is -0.501 e. The van der Waals surface area contributed by atoms with Crippen LogP contribution >= 0.6 is 0 Å². The SMILES string of the molecule is CC(C)c1cc(-c2ccccc2)cc(C(C)C)c1-n1c(-c2[c-]ccc3c2oc2cc4c(ccc5ccccc54)cc23)nc2ccc3ccccc3c21.[2H]C(C)(C)c1cc(-c2[c-]cccc2)ncc1[Si](C)(C)C.[Ir]. The van der Waals surface area contributed by atoms with Crippen LogP contribution in [0.5, 0.6) is 0 Å². The number of hydrogen-bond donors (Lipinski definition) is 0. The van der Waals surface area contributed by atoms with Gasteiger partial charge >= 0.3 is 0 Å². The van der Waals surface area contributed by atoms with Crippen LogP contribution in [0.15, 0.2) is 180 Å². The quantitative estimate of drug-likeness (QED) is 0.0865. The first-order valence-electron chi connectivity index (χ1n) is 25.4. The predicted molar refractivity (Wildman–Crippen MR) is 304 cm³/mol. The predicted octanol–water partition coefficient (Wildman–Crippen LogP) is 18.0. The molecule has 0 aliphatic carbocycles. The number of imidazole rings is 1. The Morgan fingerprint density at radius 1 is 0.569 bits per heavy atom. The van der Waals surface area contributed by atoms with Crippen molar-refractivity contribution in [3.05, 3.63) is 205 Å². The monoisotopic (exact) mass is 1130 g/mol. The van der Waals surface area contributed by atoms with E-state index in [2.05, 4.69) is 209 Å². The molecule has 12 rings (SSSR count). The third kappa shape index (κ3) is 8.80. The van der Waals surface area contributed by atoms with Gasteiger partial charge < -0.3 is 14.0 Å². The van der Waals surface area contributed by atoms with Gasteiger partial charge in [0, 0.05) is 44.1 Å². The number of pyridine rings is 1. The number of hydrogen-bond acceptors (Lipinski definition) is 3. The van der Waals surface area contributed by atoms with Crippen LogP contribution in [0.3, 0.4) is 0 Å². The molecule has 0 fully saturated rings. The zero-order chi connectivity index (χ0) is 50.1. The Morgan fingerprint density at radius 2 is 1.22 bits per heavy atom. The molecule has 12 aromatic rings. The molecule has 0 bridgehead atoms. The molecule has 72 heavy (non-hydrogen) atoms. The Bertz CT molecular complexity index is 3980. The van der Waals surface area contributed by atoms with Gasteiger partial charge in [-0.25, -0.2) is 0 Å². The van der Waals surface area contributed by atoms with E-state index in [4.69, 9.17) is 10.8 Å². The van der Waals surface area contributed by atoms with Crippen LogP contribution in [0.2, 0.25) is 19.6 Å². The number of benzene rings is 9. The summed E-state index contributed by atoms with van der Waals surface area (Å²) in [6.07, 6.45) is 1.98. The largest absolute Gasteiger partial charge is 0.501 e. The Morgan fingerprint density at radius 3 is 1.90 bits per heavy atom. The van der Waals surface area contributed by atoms with Gasteiger partial charge in [-0.15, -0.1) is 54.1 Å². The number of nitrogens with zero attached hydrogens (tertiary/aromatic N) is 3. The van der Waals surface area contributed by atoms with Crippen molar-refractivity contribution in [1.82, 2.24) is 14.5 Å². The molecule has 3 heterocycles. The summed E-state index contributed by atoms with van der Waals surface area (Å²) in [7, 11) is -1.50. The van der Waals surface area contributed by atoms with Gasteiger partial charge in [0.05, 0.1) is 30.5 Å². The summed E-state index contributed by atoms with van der Waals surface area (Å²) in [4.78, 5) is 10.1. The van der Waals surface area contributed by atoms with Crippen LogP contribution in [0, 0.1) is 12.1 Å². The first-order valence-corrected chi connectivity index (χ1v) is 28.4. The molecule has 359 valence electrons. The van der Waals surface area contributed by atoms with Crippen LogP contribution in [0.1, 0.15) is 77.3 Å². The summed E-state index contributed by atoms with van der Waals surface area (Å²) in [6.45, 7) is 20.0. The van der Waals surface area contributed by atoms with Gasteiger partial charge in [-0.1, -0.05) is 181 Å². The molecule has 9 aromatic carbocycles. The second-order valence-corrected chi connectivity index (χ2v) is 25.8. The summed E-state index contributed by atoms with van der Waals surface area (Å²) in [5, 5.41) is 10.6. The third-order valence-electron chi connectivity index (χ3n) is 14.0. The van der Waals surface area contributed by atoms with Crippen LogP contribution in [-0.2, 0) is 20.1 Å². The fourth-order valence-corrected chi connectivity index (χ4v) is 12.0. The van der Waals surface area contributed by atoms with Crippen LogP contribution in [0.4, 0.5) is 0 Å². The van der Waals surface area contributed by atoms with E-state index in [0.717, 1.165) is 61.2 Å². The Kier molecular flexibility index (Phi) is 12.9. The molecule has 0 atom stereocenters. The van der Waals surface area contributed by atoms with Gasteiger partial charge in [-0.3, -0.25) is 4.98 Å². The number of fused-ring (bicyclic) bond motifs is 9. The molecule has 0 aliphatic rings. The van der Waals surface area contributed by atoms with E-state index in [0.29, 0.717) is 0 Å². The Balaban J connectivity index is 0.000000246. The van der Waals surface area contributed by atoms with Crippen molar-refractivity contribution in [3.8, 4) is 39.5 Å². The summed E-state index contributed by atoms with van der Waals surface area (Å²) in [6, 6.07) is 66.9. The molecule has 0 unspecified atom stereocenters. The molecule has 4 nitrogen and oxygen atoms in total. The van der Waals surface area contributed by atoms with E-state index < -0.39 is 14.0 Å².